The fourth-order valence-electron chi connectivity index (χ4n) is 10.2. The highest BCUT2D eigenvalue weighted by Gasteiger charge is 2.46. The Labute approximate surface area is 329 Å². The molecule has 5 aromatic rings. The molecule has 3 aromatic carbocycles. The van der Waals surface area contributed by atoms with Crippen LogP contribution in [0.2, 0.25) is 0 Å². The predicted molar refractivity (Wildman–Crippen MR) is 220 cm³/mol. The van der Waals surface area contributed by atoms with Crippen molar-refractivity contribution in [3.63, 3.8) is 0 Å². The molecule has 56 heavy (non-hydrogen) atoms. The van der Waals surface area contributed by atoms with Crippen LogP contribution in [0.5, 0.6) is 0 Å². The van der Waals surface area contributed by atoms with Crippen LogP contribution < -0.4 is 9.44 Å². The van der Waals surface area contributed by atoms with Crippen molar-refractivity contribution in [2.24, 2.45) is 23.7 Å². The molecule has 6 aliphatic heterocycles. The molecule has 6 aliphatic rings. The SMILES string of the molecule is C=CC1CN2CCC1CC2C(NS(=O)(=O)c1cccc(S(=O)(=O)NC(c2ccnc3ccccc23)C2CC3CCN2CC3C=C)c1)c1ccnc2ccccc12. The van der Waals surface area contributed by atoms with Crippen LogP contribution in [0.1, 0.15) is 48.9 Å². The summed E-state index contributed by atoms with van der Waals surface area (Å²) in [4.78, 5) is 13.7. The molecule has 10 nitrogen and oxygen atoms in total. The Morgan fingerprint density at radius 1 is 0.625 bits per heavy atom. The molecule has 290 valence electrons. The van der Waals surface area contributed by atoms with Gasteiger partial charge in [-0.2, -0.15) is 0 Å². The summed E-state index contributed by atoms with van der Waals surface area (Å²) in [6.07, 6.45) is 11.2. The lowest BCUT2D eigenvalue weighted by Crippen LogP contribution is -2.57. The van der Waals surface area contributed by atoms with Gasteiger partial charge in [0.25, 0.3) is 0 Å². The summed E-state index contributed by atoms with van der Waals surface area (Å²) >= 11 is 0. The second-order valence-corrected chi connectivity index (χ2v) is 19.4. The Balaban J connectivity index is 1.06. The average Bonchev–Trinajstić information content (AvgIpc) is 3.24. The van der Waals surface area contributed by atoms with Crippen molar-refractivity contribution in [3.8, 4) is 0 Å². The zero-order valence-electron chi connectivity index (χ0n) is 31.3. The zero-order chi connectivity index (χ0) is 38.6. The first-order chi connectivity index (χ1) is 27.1. The molecule has 12 heteroatoms. The number of pyridine rings is 2. The Bertz CT molecular complexity index is 2350. The lowest BCUT2D eigenvalue weighted by molar-refractivity contribution is 0.00489. The van der Waals surface area contributed by atoms with Gasteiger partial charge in [0.05, 0.1) is 32.9 Å². The third-order valence-corrected chi connectivity index (χ3v) is 16.0. The van der Waals surface area contributed by atoms with Gasteiger partial charge in [-0.15, -0.1) is 13.2 Å². The van der Waals surface area contributed by atoms with Gasteiger partial charge in [0.2, 0.25) is 20.0 Å². The number of sulfonamides is 2. The van der Waals surface area contributed by atoms with Gasteiger partial charge in [-0.05, 0) is 116 Å². The molecule has 10 unspecified atom stereocenters. The average molecular weight is 789 g/mol. The number of nitrogens with one attached hydrogen (secondary N) is 2. The normalized spacial score (nSPS) is 28.6. The highest BCUT2D eigenvalue weighted by molar-refractivity contribution is 7.90. The van der Waals surface area contributed by atoms with Crippen molar-refractivity contribution in [2.75, 3.05) is 26.2 Å². The molecular weight excluding hydrogens is 741 g/mol. The smallest absolute Gasteiger partial charge is 0.241 e. The van der Waals surface area contributed by atoms with Gasteiger partial charge in [-0.25, -0.2) is 26.3 Å². The van der Waals surface area contributed by atoms with Crippen molar-refractivity contribution < 1.29 is 16.8 Å². The predicted octanol–water partition coefficient (Wildman–Crippen LogP) is 6.62. The maximum Gasteiger partial charge on any atom is 0.241 e. The van der Waals surface area contributed by atoms with E-state index in [2.05, 4.69) is 42.4 Å². The number of benzene rings is 3. The van der Waals surface area contributed by atoms with E-state index in [1.54, 1.807) is 12.4 Å². The second-order valence-electron chi connectivity index (χ2n) is 16.0. The van der Waals surface area contributed by atoms with Crippen LogP contribution in [0, 0.1) is 23.7 Å². The number of fused-ring (bicyclic) bond motifs is 8. The number of hydrogen-bond acceptors (Lipinski definition) is 8. The third-order valence-electron chi connectivity index (χ3n) is 13.1. The first-order valence-electron chi connectivity index (χ1n) is 19.7. The lowest BCUT2D eigenvalue weighted by Gasteiger charge is -2.51. The van der Waals surface area contributed by atoms with Crippen molar-refractivity contribution in [1.82, 2.24) is 29.2 Å². The van der Waals surface area contributed by atoms with E-state index in [-0.39, 0.29) is 21.9 Å². The lowest BCUT2D eigenvalue weighted by atomic mass is 9.73. The Morgan fingerprint density at radius 3 is 1.48 bits per heavy atom. The minimum Gasteiger partial charge on any atom is -0.298 e. The number of nitrogens with zero attached hydrogens (tertiary/aromatic N) is 4. The molecule has 11 rings (SSSR count). The van der Waals surface area contributed by atoms with Crippen molar-refractivity contribution in [3.05, 3.63) is 134 Å². The third kappa shape index (κ3) is 6.80. The molecule has 0 spiro atoms. The fourth-order valence-corrected chi connectivity index (χ4v) is 12.9. The van der Waals surface area contributed by atoms with Gasteiger partial charge >= 0.3 is 0 Å². The van der Waals surface area contributed by atoms with Gasteiger partial charge in [0.15, 0.2) is 0 Å². The highest BCUT2D eigenvalue weighted by Crippen LogP contribution is 2.44. The van der Waals surface area contributed by atoms with E-state index in [9.17, 15) is 16.8 Å². The number of hydrogen-bond donors (Lipinski definition) is 2. The summed E-state index contributed by atoms with van der Waals surface area (Å²) in [5, 5.41) is 1.76. The van der Waals surface area contributed by atoms with E-state index in [1.807, 2.05) is 72.8 Å². The molecule has 8 heterocycles. The van der Waals surface area contributed by atoms with Gasteiger partial charge in [-0.1, -0.05) is 54.6 Å². The van der Waals surface area contributed by atoms with Gasteiger partial charge in [0.1, 0.15) is 0 Å². The van der Waals surface area contributed by atoms with E-state index in [1.165, 1.54) is 24.3 Å². The molecular formula is C44H48N6O4S2. The molecule has 0 amide bonds. The number of aromatic nitrogens is 2. The van der Waals surface area contributed by atoms with Crippen LogP contribution in [-0.4, -0.2) is 74.9 Å². The van der Waals surface area contributed by atoms with Gasteiger partial charge in [-0.3, -0.25) is 19.8 Å². The summed E-state index contributed by atoms with van der Waals surface area (Å²) in [7, 11) is -8.45. The van der Waals surface area contributed by atoms with Crippen LogP contribution in [0.25, 0.3) is 21.8 Å². The second kappa shape index (κ2) is 14.9. The number of piperidine rings is 6. The Hall–Kier alpha value is -4.30. The first kappa shape index (κ1) is 37.3. The minimum absolute atomic E-state index is 0.100. The summed E-state index contributed by atoms with van der Waals surface area (Å²) in [5.41, 5.74) is 3.26. The molecule has 6 fully saturated rings. The van der Waals surface area contributed by atoms with Crippen LogP contribution >= 0.6 is 0 Å². The van der Waals surface area contributed by atoms with E-state index in [0.29, 0.717) is 23.7 Å². The Kier molecular flexibility index (Phi) is 9.92. The van der Waals surface area contributed by atoms with Crippen LogP contribution in [0.15, 0.2) is 132 Å². The molecule has 0 saturated carbocycles. The van der Waals surface area contributed by atoms with E-state index < -0.39 is 32.1 Å². The van der Waals surface area contributed by atoms with E-state index in [0.717, 1.165) is 84.8 Å². The van der Waals surface area contributed by atoms with Crippen LogP contribution in [0.3, 0.4) is 0 Å². The first-order valence-corrected chi connectivity index (χ1v) is 22.7. The Morgan fingerprint density at radius 2 is 1.07 bits per heavy atom. The molecule has 10 atom stereocenters. The summed E-state index contributed by atoms with van der Waals surface area (Å²) in [5.74, 6) is 1.54. The molecule has 4 bridgehead atoms. The van der Waals surface area contributed by atoms with Crippen molar-refractivity contribution in [2.45, 2.75) is 59.6 Å². The molecule has 6 saturated heterocycles. The maximum absolute atomic E-state index is 14.6. The molecule has 2 aromatic heterocycles. The monoisotopic (exact) mass is 788 g/mol. The number of para-hydroxylation sites is 2. The van der Waals surface area contributed by atoms with Gasteiger partial charge < -0.3 is 0 Å². The fraction of sp³-hybridized carbons (Fsp3) is 0.364. The topological polar surface area (TPSA) is 125 Å². The standard InChI is InChI=1S/C44H48N6O4S2/c1-3-29-27-49-22-18-31(29)24-41(49)43(37-16-20-45-39-14-7-5-12-35(37)39)47-55(51,52)33-10-9-11-34(26-33)56(53,54)48-44(38-17-21-46-40-15-8-6-13-36(38)40)42-25-32-19-23-50(42)28-30(32)4-2/h3-17,20-21,26,29-32,41-44,47-48H,1-2,18-19,22-25,27-28H2. The van der Waals surface area contributed by atoms with Gasteiger partial charge in [0, 0.05) is 48.3 Å². The summed E-state index contributed by atoms with van der Waals surface area (Å²) < 4.78 is 64.5. The maximum atomic E-state index is 14.6. The highest BCUT2D eigenvalue weighted by atomic mass is 32.2. The summed E-state index contributed by atoms with van der Waals surface area (Å²) in [6.45, 7) is 11.6. The number of rotatable bonds is 12. The molecule has 0 radical (unpaired) electrons. The molecule has 0 aliphatic carbocycles. The van der Waals surface area contributed by atoms with Crippen LogP contribution in [0.4, 0.5) is 0 Å². The summed E-state index contributed by atoms with van der Waals surface area (Å²) in [6, 6.07) is 23.7. The largest absolute Gasteiger partial charge is 0.298 e. The van der Waals surface area contributed by atoms with Crippen molar-refractivity contribution in [1.29, 1.82) is 0 Å². The van der Waals surface area contributed by atoms with Crippen LogP contribution in [-0.2, 0) is 20.0 Å². The van der Waals surface area contributed by atoms with Crippen molar-refractivity contribution >= 4 is 41.9 Å². The van der Waals surface area contributed by atoms with E-state index in [4.69, 9.17) is 0 Å². The molecule has 2 N–H and O–H groups in total. The minimum atomic E-state index is -4.23. The zero-order valence-corrected chi connectivity index (χ0v) is 33.0. The van der Waals surface area contributed by atoms with E-state index >= 15 is 0 Å². The quantitative estimate of drug-likeness (QED) is 0.135.